The summed E-state index contributed by atoms with van der Waals surface area (Å²) in [4.78, 5) is 34.2. The van der Waals surface area contributed by atoms with E-state index in [4.69, 9.17) is 5.73 Å². The van der Waals surface area contributed by atoms with Gasteiger partial charge < -0.3 is 31.1 Å². The van der Waals surface area contributed by atoms with Crippen molar-refractivity contribution in [3.05, 3.63) is 66.5 Å². The number of carbonyl (C=O) groups excluding carboxylic acids is 2. The predicted octanol–water partition coefficient (Wildman–Crippen LogP) is 3.43. The lowest BCUT2D eigenvalue weighted by atomic mass is 9.96. The number of benzene rings is 2. The van der Waals surface area contributed by atoms with Crippen molar-refractivity contribution in [2.45, 2.75) is 25.5 Å². The highest BCUT2D eigenvalue weighted by atomic mass is 19.3. The quantitative estimate of drug-likeness (QED) is 0.335. The highest BCUT2D eigenvalue weighted by Gasteiger charge is 2.28. The first-order chi connectivity index (χ1) is 18.3. The Balaban J connectivity index is 1.34. The van der Waals surface area contributed by atoms with E-state index in [2.05, 4.69) is 25.3 Å². The first-order valence-electron chi connectivity index (χ1n) is 12.0. The number of primary amides is 1. The van der Waals surface area contributed by atoms with E-state index in [0.717, 1.165) is 5.56 Å². The van der Waals surface area contributed by atoms with Crippen LogP contribution in [0.4, 0.5) is 25.2 Å². The monoisotopic (exact) mass is 526 g/mol. The van der Waals surface area contributed by atoms with Gasteiger partial charge in [0.15, 0.2) is 0 Å². The standard InChI is InChI=1S/C26H28F2N6O4/c27-24(28)38-21-9-5-16(6-10-21)19-12-30-26(31-13-19)32-20-7-3-17(4-8-20)22(15-35)33-23(36)18-2-1-11-34(14-18)25(29)37/h3-10,12-13,18,22,24,35H,1-2,11,14-15H2,(H2,29,37)(H,33,36)(H,30,31,32). The summed E-state index contributed by atoms with van der Waals surface area (Å²) in [6.07, 6.45) is 4.55. The van der Waals surface area contributed by atoms with Crippen LogP contribution in [-0.4, -0.2) is 58.2 Å². The minimum atomic E-state index is -2.88. The second-order valence-electron chi connectivity index (χ2n) is 8.81. The van der Waals surface area contributed by atoms with E-state index in [1.165, 1.54) is 17.0 Å². The summed E-state index contributed by atoms with van der Waals surface area (Å²) in [5, 5.41) is 15.8. The SMILES string of the molecule is NC(=O)N1CCCC(C(=O)NC(CO)c2ccc(Nc3ncc(-c4ccc(OC(F)F)cc4)cn3)cc2)C1. The molecule has 12 heteroatoms. The lowest BCUT2D eigenvalue weighted by Gasteiger charge is -2.31. The Bertz CT molecular complexity index is 1230. The van der Waals surface area contributed by atoms with Crippen LogP contribution in [-0.2, 0) is 4.79 Å². The van der Waals surface area contributed by atoms with Gasteiger partial charge in [0.25, 0.3) is 0 Å². The summed E-state index contributed by atoms with van der Waals surface area (Å²) in [7, 11) is 0. The topological polar surface area (TPSA) is 143 Å². The number of carbonyl (C=O) groups is 2. The molecule has 2 aromatic carbocycles. The van der Waals surface area contributed by atoms with Gasteiger partial charge in [-0.1, -0.05) is 24.3 Å². The second-order valence-corrected chi connectivity index (χ2v) is 8.81. The molecular formula is C26H28F2N6O4. The number of piperidine rings is 1. The van der Waals surface area contributed by atoms with Crippen LogP contribution < -0.4 is 21.1 Å². The third-order valence-electron chi connectivity index (χ3n) is 6.24. The van der Waals surface area contributed by atoms with Crippen LogP contribution >= 0.6 is 0 Å². The number of aliphatic hydroxyl groups is 1. The maximum atomic E-state index is 12.7. The van der Waals surface area contributed by atoms with Crippen LogP contribution in [0.25, 0.3) is 11.1 Å². The number of nitrogens with one attached hydrogen (secondary N) is 2. The highest BCUT2D eigenvalue weighted by Crippen LogP contribution is 2.24. The van der Waals surface area contributed by atoms with Gasteiger partial charge in [-0.15, -0.1) is 0 Å². The van der Waals surface area contributed by atoms with Crippen LogP contribution in [0.3, 0.4) is 0 Å². The largest absolute Gasteiger partial charge is 0.435 e. The van der Waals surface area contributed by atoms with Crippen LogP contribution in [0, 0.1) is 5.92 Å². The molecule has 1 aliphatic heterocycles. The summed E-state index contributed by atoms with van der Waals surface area (Å²) in [6.45, 7) is -2.37. The predicted molar refractivity (Wildman–Crippen MR) is 136 cm³/mol. The average Bonchev–Trinajstić information content (AvgIpc) is 2.93. The summed E-state index contributed by atoms with van der Waals surface area (Å²) < 4.78 is 29.0. The number of halogens is 2. The highest BCUT2D eigenvalue weighted by molar-refractivity contribution is 5.81. The smallest absolute Gasteiger partial charge is 0.387 e. The van der Waals surface area contributed by atoms with Gasteiger partial charge in [0.1, 0.15) is 5.75 Å². The number of nitrogens with zero attached hydrogens (tertiary/aromatic N) is 3. The Labute approximate surface area is 217 Å². The number of ether oxygens (including phenoxy) is 1. The molecule has 2 unspecified atom stereocenters. The second kappa shape index (κ2) is 12.3. The molecule has 2 heterocycles. The first kappa shape index (κ1) is 26.7. The van der Waals surface area contributed by atoms with E-state index in [-0.39, 0.29) is 30.7 Å². The number of urea groups is 1. The Morgan fingerprint density at radius 3 is 2.37 bits per heavy atom. The van der Waals surface area contributed by atoms with E-state index >= 15 is 0 Å². The number of hydrogen-bond donors (Lipinski definition) is 4. The fourth-order valence-corrected chi connectivity index (χ4v) is 4.21. The maximum absolute atomic E-state index is 12.7. The third kappa shape index (κ3) is 6.91. The van der Waals surface area contributed by atoms with Crippen molar-refractivity contribution in [2.75, 3.05) is 25.0 Å². The van der Waals surface area contributed by atoms with E-state index in [9.17, 15) is 23.5 Å². The number of alkyl halides is 2. The minimum Gasteiger partial charge on any atom is -0.435 e. The average molecular weight is 527 g/mol. The maximum Gasteiger partial charge on any atom is 0.387 e. The van der Waals surface area contributed by atoms with Crippen molar-refractivity contribution >= 4 is 23.6 Å². The summed E-state index contributed by atoms with van der Waals surface area (Å²) in [6, 6.07) is 12.1. The normalized spacial score (nSPS) is 16.1. The zero-order chi connectivity index (χ0) is 27.1. The minimum absolute atomic E-state index is 0.0677. The first-order valence-corrected chi connectivity index (χ1v) is 12.0. The van der Waals surface area contributed by atoms with Crippen molar-refractivity contribution in [1.82, 2.24) is 20.2 Å². The fraction of sp³-hybridized carbons (Fsp3) is 0.308. The lowest BCUT2D eigenvalue weighted by molar-refractivity contribution is -0.127. The molecule has 0 saturated carbocycles. The van der Waals surface area contributed by atoms with Crippen LogP contribution in [0.15, 0.2) is 60.9 Å². The molecule has 3 amide bonds. The molecular weight excluding hydrogens is 498 g/mol. The van der Waals surface area contributed by atoms with Crippen LogP contribution in [0.5, 0.6) is 5.75 Å². The van der Waals surface area contributed by atoms with E-state index in [0.29, 0.717) is 42.1 Å². The molecule has 1 saturated heterocycles. The summed E-state index contributed by atoms with van der Waals surface area (Å²) in [5.74, 6) is -0.197. The van der Waals surface area contributed by atoms with Crippen molar-refractivity contribution in [1.29, 1.82) is 0 Å². The van der Waals surface area contributed by atoms with Gasteiger partial charge in [-0.25, -0.2) is 14.8 Å². The molecule has 2 atom stereocenters. The molecule has 0 radical (unpaired) electrons. The number of hydrogen-bond acceptors (Lipinski definition) is 7. The molecule has 1 fully saturated rings. The van der Waals surface area contributed by atoms with E-state index in [1.54, 1.807) is 48.8 Å². The zero-order valence-corrected chi connectivity index (χ0v) is 20.4. The molecule has 200 valence electrons. The number of nitrogens with two attached hydrogens (primary N) is 1. The van der Waals surface area contributed by atoms with Gasteiger partial charge in [0.2, 0.25) is 11.9 Å². The Hall–Kier alpha value is -4.32. The third-order valence-corrected chi connectivity index (χ3v) is 6.24. The molecule has 0 bridgehead atoms. The number of likely N-dealkylation sites (tertiary alicyclic amines) is 1. The molecule has 0 aliphatic carbocycles. The van der Waals surface area contributed by atoms with Crippen molar-refractivity contribution in [3.63, 3.8) is 0 Å². The number of rotatable bonds is 9. The van der Waals surface area contributed by atoms with Crippen molar-refractivity contribution < 1.29 is 28.2 Å². The summed E-state index contributed by atoms with van der Waals surface area (Å²) >= 11 is 0. The zero-order valence-electron chi connectivity index (χ0n) is 20.4. The molecule has 10 nitrogen and oxygen atoms in total. The van der Waals surface area contributed by atoms with Crippen LogP contribution in [0.1, 0.15) is 24.4 Å². The van der Waals surface area contributed by atoms with Gasteiger partial charge in [0.05, 0.1) is 18.6 Å². The van der Waals surface area contributed by atoms with Crippen LogP contribution in [0.2, 0.25) is 0 Å². The Kier molecular flexibility index (Phi) is 8.64. The van der Waals surface area contributed by atoms with E-state index in [1.807, 2.05) is 0 Å². The number of aliphatic hydroxyl groups excluding tert-OH is 1. The van der Waals surface area contributed by atoms with Gasteiger partial charge in [0, 0.05) is 36.7 Å². The summed E-state index contributed by atoms with van der Waals surface area (Å²) in [5.41, 5.74) is 8.20. The number of amides is 3. The molecule has 3 aromatic rings. The molecule has 38 heavy (non-hydrogen) atoms. The number of aromatic nitrogens is 2. The molecule has 5 N–H and O–H groups in total. The molecule has 1 aliphatic rings. The Morgan fingerprint density at radius 1 is 1.08 bits per heavy atom. The van der Waals surface area contributed by atoms with E-state index < -0.39 is 18.7 Å². The fourth-order valence-electron chi connectivity index (χ4n) is 4.21. The van der Waals surface area contributed by atoms with Gasteiger partial charge in [-0.05, 0) is 48.2 Å². The lowest BCUT2D eigenvalue weighted by Crippen LogP contribution is -2.48. The van der Waals surface area contributed by atoms with Crippen molar-refractivity contribution in [3.8, 4) is 16.9 Å². The van der Waals surface area contributed by atoms with Crippen molar-refractivity contribution in [2.24, 2.45) is 11.7 Å². The van der Waals surface area contributed by atoms with Gasteiger partial charge >= 0.3 is 12.6 Å². The number of anilines is 2. The molecule has 0 spiro atoms. The molecule has 1 aromatic heterocycles. The van der Waals surface area contributed by atoms with Gasteiger partial charge in [-0.2, -0.15) is 8.78 Å². The Morgan fingerprint density at radius 2 is 1.76 bits per heavy atom. The molecule has 4 rings (SSSR count). The van der Waals surface area contributed by atoms with Gasteiger partial charge in [-0.3, -0.25) is 4.79 Å².